The lowest BCUT2D eigenvalue weighted by molar-refractivity contribution is -0.120. The minimum absolute atomic E-state index is 0.146. The number of carbonyl (C=O) groups excluding carboxylic acids is 2. The molecule has 6 nitrogen and oxygen atoms in total. The first-order chi connectivity index (χ1) is 10.3. The van der Waals surface area contributed by atoms with Gasteiger partial charge in [0.05, 0.1) is 12.8 Å². The Labute approximate surface area is 121 Å². The number of aromatic nitrogens is 1. The number of amides is 2. The second-order valence-corrected chi connectivity index (χ2v) is 4.12. The van der Waals surface area contributed by atoms with Gasteiger partial charge in [0.15, 0.2) is 0 Å². The maximum atomic E-state index is 11.7. The predicted octanol–water partition coefficient (Wildman–Crippen LogP) is 0.962. The van der Waals surface area contributed by atoms with Gasteiger partial charge in [-0.05, 0) is 17.7 Å². The Balaban J connectivity index is 1.75. The van der Waals surface area contributed by atoms with E-state index < -0.39 is 5.91 Å². The van der Waals surface area contributed by atoms with Crippen LogP contribution in [0, 0.1) is 0 Å². The normalized spacial score (nSPS) is 10.3. The monoisotopic (exact) mass is 282 g/mol. The molecule has 0 spiro atoms. The number of rotatable bonds is 5. The molecule has 0 fully saturated rings. The van der Waals surface area contributed by atoms with E-state index in [1.807, 2.05) is 30.3 Å². The van der Waals surface area contributed by atoms with E-state index in [2.05, 4.69) is 20.8 Å². The molecule has 2 amide bonds. The molecule has 2 aromatic rings. The second-order valence-electron chi connectivity index (χ2n) is 4.12. The Hall–Kier alpha value is -3.02. The van der Waals surface area contributed by atoms with E-state index in [0.717, 1.165) is 5.56 Å². The number of hydrogen-bond donors (Lipinski definition) is 2. The van der Waals surface area contributed by atoms with Gasteiger partial charge in [0.25, 0.3) is 11.8 Å². The molecule has 0 unspecified atom stereocenters. The van der Waals surface area contributed by atoms with Gasteiger partial charge in [-0.15, -0.1) is 0 Å². The molecule has 0 saturated heterocycles. The van der Waals surface area contributed by atoms with E-state index in [4.69, 9.17) is 0 Å². The van der Waals surface area contributed by atoms with Crippen LogP contribution in [-0.4, -0.2) is 29.6 Å². The van der Waals surface area contributed by atoms with Gasteiger partial charge in [0, 0.05) is 18.0 Å². The highest BCUT2D eigenvalue weighted by Crippen LogP contribution is 1.95. The molecule has 0 radical (unpaired) electrons. The summed E-state index contributed by atoms with van der Waals surface area (Å²) in [6.07, 6.45) is 4.56. The van der Waals surface area contributed by atoms with Crippen molar-refractivity contribution < 1.29 is 9.59 Å². The zero-order valence-electron chi connectivity index (χ0n) is 11.2. The molecular formula is C15H14N4O2. The summed E-state index contributed by atoms with van der Waals surface area (Å²) in [6, 6.07) is 12.5. The summed E-state index contributed by atoms with van der Waals surface area (Å²) in [5, 5.41) is 6.30. The molecule has 6 heteroatoms. The SMILES string of the molecule is O=C(CNC(=O)c1ccncc1)N/N=C\c1ccccc1. The zero-order chi connectivity index (χ0) is 14.9. The van der Waals surface area contributed by atoms with Gasteiger partial charge in [-0.1, -0.05) is 30.3 Å². The predicted molar refractivity (Wildman–Crippen MR) is 78.7 cm³/mol. The van der Waals surface area contributed by atoms with Crippen molar-refractivity contribution in [1.29, 1.82) is 0 Å². The van der Waals surface area contributed by atoms with Crippen molar-refractivity contribution in [3.63, 3.8) is 0 Å². The van der Waals surface area contributed by atoms with Crippen LogP contribution in [0.1, 0.15) is 15.9 Å². The van der Waals surface area contributed by atoms with Gasteiger partial charge >= 0.3 is 0 Å². The van der Waals surface area contributed by atoms with Crippen molar-refractivity contribution >= 4 is 18.0 Å². The molecule has 1 aromatic carbocycles. The summed E-state index contributed by atoms with van der Waals surface area (Å²) >= 11 is 0. The van der Waals surface area contributed by atoms with Gasteiger partial charge in [0.1, 0.15) is 0 Å². The molecule has 1 aromatic heterocycles. The van der Waals surface area contributed by atoms with Crippen molar-refractivity contribution in [2.75, 3.05) is 6.54 Å². The Morgan fingerprint density at radius 2 is 1.81 bits per heavy atom. The molecule has 0 atom stereocenters. The molecule has 0 aliphatic rings. The quantitative estimate of drug-likeness (QED) is 0.633. The van der Waals surface area contributed by atoms with Crippen molar-refractivity contribution in [2.45, 2.75) is 0 Å². The van der Waals surface area contributed by atoms with Crippen molar-refractivity contribution in [2.24, 2.45) is 5.10 Å². The first kappa shape index (κ1) is 14.4. The number of nitrogens with zero attached hydrogens (tertiary/aromatic N) is 2. The molecule has 2 N–H and O–H groups in total. The van der Waals surface area contributed by atoms with Gasteiger partial charge in [-0.2, -0.15) is 5.10 Å². The zero-order valence-corrected chi connectivity index (χ0v) is 11.2. The van der Waals surface area contributed by atoms with Gasteiger partial charge in [-0.3, -0.25) is 14.6 Å². The van der Waals surface area contributed by atoms with Crippen LogP contribution in [0.3, 0.4) is 0 Å². The van der Waals surface area contributed by atoms with Crippen LogP contribution < -0.4 is 10.7 Å². The molecule has 0 aliphatic heterocycles. The van der Waals surface area contributed by atoms with Crippen LogP contribution in [-0.2, 0) is 4.79 Å². The molecule has 106 valence electrons. The summed E-state index contributed by atoms with van der Waals surface area (Å²) in [6.45, 7) is -0.146. The first-order valence-electron chi connectivity index (χ1n) is 6.31. The highest BCUT2D eigenvalue weighted by molar-refractivity contribution is 5.96. The summed E-state index contributed by atoms with van der Waals surface area (Å²) in [4.78, 5) is 27.0. The van der Waals surface area contributed by atoms with Crippen LogP contribution in [0.4, 0.5) is 0 Å². The third-order valence-corrected chi connectivity index (χ3v) is 2.55. The van der Waals surface area contributed by atoms with Crippen molar-refractivity contribution in [3.05, 3.63) is 66.0 Å². The smallest absolute Gasteiger partial charge is 0.259 e. The summed E-state index contributed by atoms with van der Waals surface area (Å²) in [7, 11) is 0. The lowest BCUT2D eigenvalue weighted by Crippen LogP contribution is -2.34. The van der Waals surface area contributed by atoms with E-state index in [9.17, 15) is 9.59 Å². The molecule has 21 heavy (non-hydrogen) atoms. The highest BCUT2D eigenvalue weighted by atomic mass is 16.2. The third-order valence-electron chi connectivity index (χ3n) is 2.55. The maximum Gasteiger partial charge on any atom is 0.259 e. The minimum Gasteiger partial charge on any atom is -0.343 e. The molecule has 0 aliphatic carbocycles. The number of hydrazone groups is 1. The van der Waals surface area contributed by atoms with E-state index in [-0.39, 0.29) is 12.5 Å². The number of carbonyl (C=O) groups is 2. The van der Waals surface area contributed by atoms with Crippen LogP contribution in [0.2, 0.25) is 0 Å². The lowest BCUT2D eigenvalue weighted by Gasteiger charge is -2.03. The average Bonchev–Trinajstić information content (AvgIpc) is 2.54. The third kappa shape index (κ3) is 4.87. The van der Waals surface area contributed by atoms with Gasteiger partial charge in [0.2, 0.25) is 0 Å². The largest absolute Gasteiger partial charge is 0.343 e. The Kier molecular flexibility index (Phi) is 5.17. The summed E-state index contributed by atoms with van der Waals surface area (Å²) in [5.74, 6) is -0.732. The fraction of sp³-hybridized carbons (Fsp3) is 0.0667. The van der Waals surface area contributed by atoms with Gasteiger partial charge < -0.3 is 5.32 Å². The number of pyridine rings is 1. The Morgan fingerprint density at radius 3 is 2.52 bits per heavy atom. The Bertz CT molecular complexity index is 627. The molecular weight excluding hydrogens is 268 g/mol. The highest BCUT2D eigenvalue weighted by Gasteiger charge is 2.06. The standard InChI is InChI=1S/C15H14N4O2/c20-14(19-18-10-12-4-2-1-3-5-12)11-17-15(21)13-6-8-16-9-7-13/h1-10H,11H2,(H,17,21)(H,19,20)/b18-10-. The second kappa shape index (κ2) is 7.54. The van der Waals surface area contributed by atoms with Crippen LogP contribution in [0.15, 0.2) is 60.0 Å². The summed E-state index contributed by atoms with van der Waals surface area (Å²) in [5.41, 5.74) is 3.66. The topological polar surface area (TPSA) is 83.5 Å². The van der Waals surface area contributed by atoms with Gasteiger partial charge in [-0.25, -0.2) is 5.43 Å². The molecule has 0 saturated carbocycles. The number of hydrogen-bond acceptors (Lipinski definition) is 4. The lowest BCUT2D eigenvalue weighted by atomic mass is 10.2. The Morgan fingerprint density at radius 1 is 1.10 bits per heavy atom. The molecule has 1 heterocycles. The first-order valence-corrected chi connectivity index (χ1v) is 6.31. The van der Waals surface area contributed by atoms with Crippen LogP contribution >= 0.6 is 0 Å². The maximum absolute atomic E-state index is 11.7. The fourth-order valence-corrected chi connectivity index (χ4v) is 1.52. The minimum atomic E-state index is -0.399. The van der Waals surface area contributed by atoms with E-state index in [1.165, 1.54) is 18.6 Å². The van der Waals surface area contributed by atoms with E-state index in [0.29, 0.717) is 5.56 Å². The number of nitrogens with one attached hydrogen (secondary N) is 2. The fourth-order valence-electron chi connectivity index (χ4n) is 1.52. The van der Waals surface area contributed by atoms with Crippen LogP contribution in [0.5, 0.6) is 0 Å². The number of benzene rings is 1. The van der Waals surface area contributed by atoms with Crippen molar-refractivity contribution in [3.8, 4) is 0 Å². The average molecular weight is 282 g/mol. The molecule has 0 bridgehead atoms. The summed E-state index contributed by atoms with van der Waals surface area (Å²) < 4.78 is 0. The van der Waals surface area contributed by atoms with E-state index in [1.54, 1.807) is 12.1 Å². The van der Waals surface area contributed by atoms with Crippen LogP contribution in [0.25, 0.3) is 0 Å². The molecule has 2 rings (SSSR count). The van der Waals surface area contributed by atoms with E-state index >= 15 is 0 Å². The van der Waals surface area contributed by atoms with Crippen molar-refractivity contribution in [1.82, 2.24) is 15.7 Å².